The van der Waals surface area contributed by atoms with Gasteiger partial charge < -0.3 is 15.1 Å². The third-order valence-corrected chi connectivity index (χ3v) is 11.4. The Morgan fingerprint density at radius 3 is 1.82 bits per heavy atom. The molecule has 0 saturated carbocycles. The zero-order chi connectivity index (χ0) is 40.1. The molecule has 6 aromatic rings. The van der Waals surface area contributed by atoms with Gasteiger partial charge in [0.15, 0.2) is 0 Å². The number of anilines is 2. The standard InChI is InChI=1S/C38H34F4N6O5S3/c1-3-47(29-5-7-34-24(17-29)9-10-54-34)36(49)32(15-22-11-25(39)18-26(40)12-22)44-38(51)46-56(52,53)45-33(16-23-13-27(41)19-28(42)14-23)37(50)48(4-2)30-6-8-35-31(20-30)43-21-55-35/h5-14,17-21,32-33,45H,3-4,15-16H2,1-2H3,(H2,44,46,51)/t32-,33-/m0/s1. The van der Waals surface area contributed by atoms with Crippen molar-refractivity contribution in [3.8, 4) is 0 Å². The van der Waals surface area contributed by atoms with Gasteiger partial charge in [0.05, 0.1) is 15.7 Å². The Hall–Kier alpha value is -5.43. The first kappa shape index (κ1) is 40.2. The fourth-order valence-electron chi connectivity index (χ4n) is 6.28. The second kappa shape index (κ2) is 17.2. The summed E-state index contributed by atoms with van der Waals surface area (Å²) < 4.78 is 89.7. The highest BCUT2D eigenvalue weighted by atomic mass is 32.2. The molecule has 56 heavy (non-hydrogen) atoms. The Morgan fingerprint density at radius 2 is 1.23 bits per heavy atom. The van der Waals surface area contributed by atoms with Crippen LogP contribution in [0.4, 0.5) is 33.7 Å². The number of rotatable bonds is 14. The molecule has 0 aliphatic rings. The van der Waals surface area contributed by atoms with Crippen molar-refractivity contribution in [2.75, 3.05) is 22.9 Å². The van der Waals surface area contributed by atoms with E-state index in [4.69, 9.17) is 0 Å². The van der Waals surface area contributed by atoms with E-state index < -0.39 is 76.2 Å². The molecule has 6 rings (SSSR count). The van der Waals surface area contributed by atoms with E-state index in [-0.39, 0.29) is 24.2 Å². The quantitative estimate of drug-likeness (QED) is 0.103. The summed E-state index contributed by atoms with van der Waals surface area (Å²) in [5.74, 6) is -5.32. The lowest BCUT2D eigenvalue weighted by atomic mass is 10.0. The minimum absolute atomic E-state index is 0.00467. The lowest BCUT2D eigenvalue weighted by molar-refractivity contribution is -0.120. The van der Waals surface area contributed by atoms with Crippen LogP contribution in [0.25, 0.3) is 20.3 Å². The average Bonchev–Trinajstić information content (AvgIpc) is 3.80. The first-order chi connectivity index (χ1) is 26.7. The number of halogens is 4. The molecule has 0 saturated heterocycles. The molecule has 0 fully saturated rings. The molecule has 292 valence electrons. The lowest BCUT2D eigenvalue weighted by Gasteiger charge is -2.28. The molecule has 2 heterocycles. The second-order valence-corrected chi connectivity index (χ2v) is 15.9. The van der Waals surface area contributed by atoms with Gasteiger partial charge in [-0.2, -0.15) is 13.1 Å². The van der Waals surface area contributed by atoms with Crippen molar-refractivity contribution in [1.82, 2.24) is 19.7 Å². The van der Waals surface area contributed by atoms with Gasteiger partial charge in [-0.1, -0.05) is 0 Å². The van der Waals surface area contributed by atoms with Crippen LogP contribution in [0, 0.1) is 23.3 Å². The summed E-state index contributed by atoms with van der Waals surface area (Å²) in [4.78, 5) is 48.4. The van der Waals surface area contributed by atoms with E-state index in [2.05, 4.69) is 15.0 Å². The van der Waals surface area contributed by atoms with Gasteiger partial charge in [0.2, 0.25) is 11.8 Å². The van der Waals surface area contributed by atoms with Crippen molar-refractivity contribution in [3.63, 3.8) is 0 Å². The maximum Gasteiger partial charge on any atom is 0.330 e. The van der Waals surface area contributed by atoms with Crippen LogP contribution in [0.5, 0.6) is 0 Å². The largest absolute Gasteiger partial charge is 0.330 e. The molecular formula is C38H34F4N6O5S3. The Kier molecular flexibility index (Phi) is 12.3. The van der Waals surface area contributed by atoms with Crippen molar-refractivity contribution < 1.29 is 40.4 Å². The molecule has 11 nitrogen and oxygen atoms in total. The number of hydrogen-bond donors (Lipinski definition) is 3. The van der Waals surface area contributed by atoms with Gasteiger partial charge in [-0.3, -0.25) is 9.59 Å². The maximum absolute atomic E-state index is 14.2. The zero-order valence-corrected chi connectivity index (χ0v) is 32.2. The van der Waals surface area contributed by atoms with Gasteiger partial charge in [-0.05, 0) is 109 Å². The Morgan fingerprint density at radius 1 is 0.696 bits per heavy atom. The van der Waals surface area contributed by atoms with Gasteiger partial charge in [-0.25, -0.2) is 32.1 Å². The number of carbonyl (C=O) groups excluding carboxylic acids is 3. The highest BCUT2D eigenvalue weighted by Crippen LogP contribution is 2.28. The number of benzene rings is 4. The van der Waals surface area contributed by atoms with Crippen LogP contribution in [0.15, 0.2) is 89.8 Å². The second-order valence-electron chi connectivity index (χ2n) is 12.6. The smallest absolute Gasteiger partial charge is 0.325 e. The fraction of sp³-hybridized carbons (Fsp3) is 0.211. The van der Waals surface area contributed by atoms with E-state index in [0.717, 1.165) is 39.1 Å². The van der Waals surface area contributed by atoms with Crippen LogP contribution in [0.3, 0.4) is 0 Å². The molecular weight excluding hydrogens is 793 g/mol. The molecule has 0 bridgehead atoms. The van der Waals surface area contributed by atoms with E-state index in [1.165, 1.54) is 32.5 Å². The number of likely N-dealkylation sites (N-methyl/N-ethyl adjacent to an activating group) is 2. The lowest BCUT2D eigenvalue weighted by Crippen LogP contribution is -2.57. The zero-order valence-electron chi connectivity index (χ0n) is 29.8. The Balaban J connectivity index is 1.26. The number of fused-ring (bicyclic) bond motifs is 2. The van der Waals surface area contributed by atoms with Crippen LogP contribution in [-0.4, -0.2) is 56.4 Å². The summed E-state index contributed by atoms with van der Waals surface area (Å²) in [5.41, 5.74) is 2.96. The van der Waals surface area contributed by atoms with Crippen LogP contribution in [-0.2, 0) is 32.6 Å². The average molecular weight is 827 g/mol. The van der Waals surface area contributed by atoms with E-state index in [1.54, 1.807) is 54.4 Å². The minimum Gasteiger partial charge on any atom is -0.325 e. The molecule has 0 aliphatic carbocycles. The molecule has 18 heteroatoms. The predicted octanol–water partition coefficient (Wildman–Crippen LogP) is 6.83. The molecule has 2 aromatic heterocycles. The number of thiazole rings is 1. The first-order valence-electron chi connectivity index (χ1n) is 17.2. The summed E-state index contributed by atoms with van der Waals surface area (Å²) in [6.07, 6.45) is -0.968. The van der Waals surface area contributed by atoms with Crippen molar-refractivity contribution in [2.45, 2.75) is 38.8 Å². The summed E-state index contributed by atoms with van der Waals surface area (Å²) in [5, 5.41) is 5.04. The molecule has 0 aliphatic heterocycles. The van der Waals surface area contributed by atoms with E-state index >= 15 is 0 Å². The van der Waals surface area contributed by atoms with Crippen LogP contribution in [0.2, 0.25) is 0 Å². The fourth-order valence-corrected chi connectivity index (χ4v) is 8.63. The number of nitrogens with zero attached hydrogens (tertiary/aromatic N) is 3. The third kappa shape index (κ3) is 9.68. The normalized spacial score (nSPS) is 12.7. The first-order valence-corrected chi connectivity index (χ1v) is 20.4. The van der Waals surface area contributed by atoms with Gasteiger partial charge >= 0.3 is 16.2 Å². The minimum atomic E-state index is -4.97. The summed E-state index contributed by atoms with van der Waals surface area (Å²) in [6, 6.07) is 12.6. The van der Waals surface area contributed by atoms with Crippen LogP contribution < -0.4 is 24.6 Å². The summed E-state index contributed by atoms with van der Waals surface area (Å²) in [6.45, 7) is 3.48. The molecule has 2 atom stereocenters. The molecule has 4 amide bonds. The van der Waals surface area contributed by atoms with Gasteiger partial charge in [-0.15, -0.1) is 22.7 Å². The van der Waals surface area contributed by atoms with Crippen molar-refractivity contribution in [1.29, 1.82) is 0 Å². The summed E-state index contributed by atoms with van der Waals surface area (Å²) in [7, 11) is -4.97. The van der Waals surface area contributed by atoms with E-state index in [9.17, 15) is 40.4 Å². The highest BCUT2D eigenvalue weighted by molar-refractivity contribution is 7.88. The SMILES string of the molecule is CCN(C(=O)[C@H](Cc1cc(F)cc(F)c1)NC(=O)NS(=O)(=O)N[C@@H](Cc1cc(F)cc(F)c1)C(=O)N(CC)c1ccc2scnc2c1)c1ccc2sccc2c1. The third-order valence-electron chi connectivity index (χ3n) is 8.69. The van der Waals surface area contributed by atoms with Crippen molar-refractivity contribution >= 4 is 82.4 Å². The van der Waals surface area contributed by atoms with Gasteiger partial charge in [0.1, 0.15) is 35.4 Å². The number of aromatic nitrogens is 1. The number of carbonyl (C=O) groups is 3. The number of hydrogen-bond acceptors (Lipinski definition) is 8. The maximum atomic E-state index is 14.2. The van der Waals surface area contributed by atoms with E-state index in [0.29, 0.717) is 29.0 Å². The van der Waals surface area contributed by atoms with Crippen molar-refractivity contribution in [2.24, 2.45) is 0 Å². The van der Waals surface area contributed by atoms with Crippen LogP contribution in [0.1, 0.15) is 25.0 Å². The molecule has 0 unspecified atom stereocenters. The van der Waals surface area contributed by atoms with Gasteiger partial charge in [0.25, 0.3) is 0 Å². The molecule has 4 aromatic carbocycles. The predicted molar refractivity (Wildman–Crippen MR) is 209 cm³/mol. The number of nitrogens with one attached hydrogen (secondary N) is 3. The van der Waals surface area contributed by atoms with E-state index in [1.807, 2.05) is 17.5 Å². The Labute approximate surface area is 327 Å². The molecule has 3 N–H and O–H groups in total. The monoisotopic (exact) mass is 826 g/mol. The molecule has 0 spiro atoms. The Bertz CT molecular complexity index is 2490. The molecule has 0 radical (unpaired) electrons. The topological polar surface area (TPSA) is 141 Å². The summed E-state index contributed by atoms with van der Waals surface area (Å²) >= 11 is 2.87. The number of amides is 4. The highest BCUT2D eigenvalue weighted by Gasteiger charge is 2.33. The number of thiophene rings is 1. The number of urea groups is 1. The van der Waals surface area contributed by atoms with Crippen molar-refractivity contribution in [3.05, 3.63) is 124 Å². The van der Waals surface area contributed by atoms with Gasteiger partial charge in [0, 0.05) is 47.7 Å². The van der Waals surface area contributed by atoms with Crippen LogP contribution >= 0.6 is 22.7 Å².